The van der Waals surface area contributed by atoms with Gasteiger partial charge in [-0.1, -0.05) is 36.5 Å². The van der Waals surface area contributed by atoms with Gasteiger partial charge in [-0.2, -0.15) is 0 Å². The van der Waals surface area contributed by atoms with Crippen LogP contribution in [0.3, 0.4) is 0 Å². The number of unbranched alkanes of at least 4 members (excludes halogenated alkanes) is 1. The maximum Gasteiger partial charge on any atom is 0.338 e. The molecule has 0 atom stereocenters. The van der Waals surface area contributed by atoms with Crippen LogP contribution in [0.1, 0.15) is 35.7 Å². The number of halogens is 2. The fourth-order valence-electron chi connectivity index (χ4n) is 1.90. The number of nitrogens with zero attached hydrogens (tertiary/aromatic N) is 1. The largest absolute Gasteiger partial charge is 0.506 e. The zero-order valence-electron chi connectivity index (χ0n) is 13.1. The van der Waals surface area contributed by atoms with Crippen molar-refractivity contribution in [1.29, 1.82) is 0 Å². The molecule has 0 aliphatic carbocycles. The van der Waals surface area contributed by atoms with Gasteiger partial charge < -0.3 is 9.84 Å². The van der Waals surface area contributed by atoms with E-state index in [0.29, 0.717) is 28.4 Å². The molecule has 0 aliphatic heterocycles. The van der Waals surface area contributed by atoms with Crippen LogP contribution in [0, 0.1) is 0 Å². The number of esters is 1. The molecule has 126 valence electrons. The van der Waals surface area contributed by atoms with E-state index in [0.717, 1.165) is 12.8 Å². The minimum Gasteiger partial charge on any atom is -0.506 e. The quantitative estimate of drug-likeness (QED) is 0.423. The zero-order valence-corrected chi connectivity index (χ0v) is 14.6. The monoisotopic (exact) mass is 365 g/mol. The van der Waals surface area contributed by atoms with Gasteiger partial charge in [0, 0.05) is 16.8 Å². The Labute approximate surface area is 150 Å². The van der Waals surface area contributed by atoms with E-state index in [1.54, 1.807) is 30.3 Å². The first kappa shape index (κ1) is 18.3. The van der Waals surface area contributed by atoms with Crippen LogP contribution < -0.4 is 0 Å². The summed E-state index contributed by atoms with van der Waals surface area (Å²) in [4.78, 5) is 16.0. The zero-order chi connectivity index (χ0) is 17.5. The normalized spacial score (nSPS) is 11.0. The molecule has 2 rings (SSSR count). The summed E-state index contributed by atoms with van der Waals surface area (Å²) in [6.07, 6.45) is 3.28. The molecular formula is C18H17Cl2NO3. The van der Waals surface area contributed by atoms with Crippen molar-refractivity contribution in [2.45, 2.75) is 19.8 Å². The van der Waals surface area contributed by atoms with Crippen LogP contribution in [0.25, 0.3) is 0 Å². The van der Waals surface area contributed by atoms with E-state index >= 15 is 0 Å². The molecule has 0 saturated carbocycles. The van der Waals surface area contributed by atoms with Crippen molar-refractivity contribution in [2.24, 2.45) is 4.99 Å². The fraction of sp³-hybridized carbons (Fsp3) is 0.222. The number of carbonyl (C=O) groups is 1. The second kappa shape index (κ2) is 8.71. The van der Waals surface area contributed by atoms with Crippen molar-refractivity contribution >= 4 is 41.1 Å². The van der Waals surface area contributed by atoms with Gasteiger partial charge in [0.05, 0.1) is 22.9 Å². The third-order valence-electron chi connectivity index (χ3n) is 3.24. The van der Waals surface area contributed by atoms with Gasteiger partial charge in [0.15, 0.2) is 0 Å². The highest BCUT2D eigenvalue weighted by Crippen LogP contribution is 2.30. The summed E-state index contributed by atoms with van der Waals surface area (Å²) >= 11 is 11.8. The maximum absolute atomic E-state index is 11.8. The van der Waals surface area contributed by atoms with Crippen LogP contribution in [-0.2, 0) is 4.74 Å². The van der Waals surface area contributed by atoms with Crippen molar-refractivity contribution in [1.82, 2.24) is 0 Å². The van der Waals surface area contributed by atoms with Gasteiger partial charge in [0.1, 0.15) is 5.75 Å². The second-order valence-electron chi connectivity index (χ2n) is 5.12. The summed E-state index contributed by atoms with van der Waals surface area (Å²) in [6.45, 7) is 2.45. The summed E-state index contributed by atoms with van der Waals surface area (Å²) in [5, 5.41) is 10.4. The van der Waals surface area contributed by atoms with Crippen molar-refractivity contribution in [3.8, 4) is 5.75 Å². The van der Waals surface area contributed by atoms with E-state index in [4.69, 9.17) is 27.9 Å². The number of benzene rings is 2. The molecule has 0 amide bonds. The van der Waals surface area contributed by atoms with Crippen LogP contribution in [0.2, 0.25) is 10.0 Å². The first-order valence-electron chi connectivity index (χ1n) is 7.50. The Balaban J connectivity index is 2.08. The standard InChI is InChI=1S/C18H17Cl2NO3/c1-2-3-8-24-18(23)12-4-6-15(7-5-12)21-11-13-9-14(19)10-16(20)17(13)22/h4-7,9-11,22H,2-3,8H2,1H3. The molecule has 6 heteroatoms. The lowest BCUT2D eigenvalue weighted by molar-refractivity contribution is 0.0500. The van der Waals surface area contributed by atoms with E-state index < -0.39 is 0 Å². The predicted molar refractivity (Wildman–Crippen MR) is 97.0 cm³/mol. The molecule has 0 radical (unpaired) electrons. The van der Waals surface area contributed by atoms with Crippen LogP contribution in [-0.4, -0.2) is 23.9 Å². The third-order valence-corrected chi connectivity index (χ3v) is 3.75. The summed E-state index contributed by atoms with van der Waals surface area (Å²) in [5.41, 5.74) is 1.50. The van der Waals surface area contributed by atoms with E-state index in [-0.39, 0.29) is 16.7 Å². The number of hydrogen-bond acceptors (Lipinski definition) is 4. The molecule has 0 bridgehead atoms. The number of hydrogen-bond donors (Lipinski definition) is 1. The molecule has 2 aromatic carbocycles. The molecule has 0 unspecified atom stereocenters. The summed E-state index contributed by atoms with van der Waals surface area (Å²) in [5.74, 6) is -0.431. The van der Waals surface area contributed by atoms with E-state index in [1.165, 1.54) is 12.3 Å². The van der Waals surface area contributed by atoms with Crippen LogP contribution in [0.4, 0.5) is 5.69 Å². The highest BCUT2D eigenvalue weighted by atomic mass is 35.5. The SMILES string of the molecule is CCCCOC(=O)c1ccc(N=Cc2cc(Cl)cc(Cl)c2O)cc1. The smallest absolute Gasteiger partial charge is 0.338 e. The number of phenolic OH excluding ortho intramolecular Hbond substituents is 1. The molecule has 0 spiro atoms. The number of carbonyl (C=O) groups excluding carboxylic acids is 1. The molecule has 0 saturated heterocycles. The Hall–Kier alpha value is -2.04. The highest BCUT2D eigenvalue weighted by molar-refractivity contribution is 6.36. The van der Waals surface area contributed by atoms with Crippen molar-refractivity contribution in [3.63, 3.8) is 0 Å². The fourth-order valence-corrected chi connectivity index (χ4v) is 2.41. The average Bonchev–Trinajstić information content (AvgIpc) is 2.57. The number of phenols is 1. The molecule has 0 fully saturated rings. The van der Waals surface area contributed by atoms with Gasteiger partial charge >= 0.3 is 5.97 Å². The molecule has 0 heterocycles. The Morgan fingerprint density at radius 2 is 1.96 bits per heavy atom. The van der Waals surface area contributed by atoms with Crippen molar-refractivity contribution in [3.05, 3.63) is 57.6 Å². The lowest BCUT2D eigenvalue weighted by Gasteiger charge is -2.04. The number of aliphatic imine (C=N–C) groups is 1. The molecule has 2 aromatic rings. The van der Waals surface area contributed by atoms with Gasteiger partial charge in [-0.25, -0.2) is 4.79 Å². The Bertz CT molecular complexity index is 743. The van der Waals surface area contributed by atoms with Crippen LogP contribution >= 0.6 is 23.2 Å². The Kier molecular flexibility index (Phi) is 6.64. The first-order valence-corrected chi connectivity index (χ1v) is 8.26. The van der Waals surface area contributed by atoms with Gasteiger partial charge in [-0.15, -0.1) is 0 Å². The Morgan fingerprint density at radius 1 is 1.25 bits per heavy atom. The lowest BCUT2D eigenvalue weighted by atomic mass is 10.2. The van der Waals surface area contributed by atoms with Crippen molar-refractivity contribution < 1.29 is 14.6 Å². The molecule has 4 nitrogen and oxygen atoms in total. The van der Waals surface area contributed by atoms with E-state index in [9.17, 15) is 9.90 Å². The molecular weight excluding hydrogens is 349 g/mol. The second-order valence-corrected chi connectivity index (χ2v) is 5.96. The summed E-state index contributed by atoms with van der Waals surface area (Å²) in [7, 11) is 0. The number of ether oxygens (including phenoxy) is 1. The molecule has 1 N–H and O–H groups in total. The molecule has 0 aliphatic rings. The number of aromatic hydroxyl groups is 1. The molecule has 0 aromatic heterocycles. The minimum absolute atomic E-state index is 0.0825. The van der Waals surface area contributed by atoms with Gasteiger partial charge in [-0.3, -0.25) is 4.99 Å². The van der Waals surface area contributed by atoms with Crippen LogP contribution in [0.15, 0.2) is 41.4 Å². The average molecular weight is 366 g/mol. The van der Waals surface area contributed by atoms with Gasteiger partial charge in [-0.05, 0) is 42.8 Å². The maximum atomic E-state index is 11.8. The van der Waals surface area contributed by atoms with Crippen LogP contribution in [0.5, 0.6) is 5.75 Å². The lowest BCUT2D eigenvalue weighted by Crippen LogP contribution is -2.05. The first-order chi connectivity index (χ1) is 11.5. The van der Waals surface area contributed by atoms with E-state index in [2.05, 4.69) is 4.99 Å². The number of rotatable bonds is 6. The molecule has 24 heavy (non-hydrogen) atoms. The Morgan fingerprint density at radius 3 is 2.62 bits per heavy atom. The summed E-state index contributed by atoms with van der Waals surface area (Å²) < 4.78 is 5.14. The summed E-state index contributed by atoms with van der Waals surface area (Å²) in [6, 6.07) is 9.68. The minimum atomic E-state index is -0.349. The highest BCUT2D eigenvalue weighted by Gasteiger charge is 2.07. The topological polar surface area (TPSA) is 58.9 Å². The van der Waals surface area contributed by atoms with Gasteiger partial charge in [0.2, 0.25) is 0 Å². The van der Waals surface area contributed by atoms with E-state index in [1.807, 2.05) is 6.92 Å². The third kappa shape index (κ3) is 4.98. The van der Waals surface area contributed by atoms with Gasteiger partial charge in [0.25, 0.3) is 0 Å². The van der Waals surface area contributed by atoms with Crippen molar-refractivity contribution in [2.75, 3.05) is 6.61 Å². The predicted octanol–water partition coefficient (Wildman–Crippen LogP) is 5.41.